The third-order valence-electron chi connectivity index (χ3n) is 12.3. The molecule has 1 aliphatic heterocycles. The quantitative estimate of drug-likeness (QED) is 0.0976. The SMILES string of the molecule is CCCCCn1c2ccccc2c2c(-n3c4[n+](c5ccccc53)C(C)(CC)C(C)(CC)c3ccccc3-4)c(CC(C)C)cc(CC(C)C)c21. The maximum absolute atomic E-state index is 2.77. The average molecular weight is 653 g/mol. The molecule has 0 spiro atoms. The number of nitrogens with zero attached hydrogens (tertiary/aromatic N) is 3. The molecule has 0 amide bonds. The second-order valence-corrected chi connectivity index (χ2v) is 16.2. The normalized spacial score (nSPS) is 19.1. The third-order valence-corrected chi connectivity index (χ3v) is 12.3. The second-order valence-electron chi connectivity index (χ2n) is 16.2. The maximum atomic E-state index is 2.77. The molecule has 0 fully saturated rings. The number of imidazole rings is 1. The van der Waals surface area contributed by atoms with Crippen molar-refractivity contribution in [1.82, 2.24) is 9.13 Å². The zero-order chi connectivity index (χ0) is 34.7. The minimum atomic E-state index is -0.112. The number of unbranched alkanes of at least 4 members (excludes halogenated alkanes) is 2. The van der Waals surface area contributed by atoms with Crippen LogP contribution in [-0.4, -0.2) is 9.13 Å². The Morgan fingerprint density at radius 1 is 0.714 bits per heavy atom. The van der Waals surface area contributed by atoms with E-state index in [1.54, 1.807) is 0 Å². The highest BCUT2D eigenvalue weighted by molar-refractivity contribution is 6.14. The summed E-state index contributed by atoms with van der Waals surface area (Å²) >= 11 is 0. The van der Waals surface area contributed by atoms with Crippen molar-refractivity contribution < 1.29 is 4.57 Å². The van der Waals surface area contributed by atoms with Crippen LogP contribution in [0, 0.1) is 11.8 Å². The van der Waals surface area contributed by atoms with Gasteiger partial charge in [0, 0.05) is 28.4 Å². The van der Waals surface area contributed by atoms with Gasteiger partial charge in [-0.3, -0.25) is 0 Å². The van der Waals surface area contributed by atoms with Crippen molar-refractivity contribution in [2.45, 2.75) is 125 Å². The minimum Gasteiger partial charge on any atom is -0.340 e. The van der Waals surface area contributed by atoms with Gasteiger partial charge in [0.15, 0.2) is 11.0 Å². The van der Waals surface area contributed by atoms with Gasteiger partial charge < -0.3 is 4.57 Å². The lowest BCUT2D eigenvalue weighted by Crippen LogP contribution is -2.67. The lowest BCUT2D eigenvalue weighted by molar-refractivity contribution is -0.743. The first kappa shape index (κ1) is 33.6. The summed E-state index contributed by atoms with van der Waals surface area (Å²) in [7, 11) is 0. The summed E-state index contributed by atoms with van der Waals surface area (Å²) in [6, 6.07) is 30.5. The highest BCUT2D eigenvalue weighted by Crippen LogP contribution is 2.52. The molecule has 2 unspecified atom stereocenters. The van der Waals surface area contributed by atoms with Crippen molar-refractivity contribution in [3.05, 3.63) is 95.6 Å². The Morgan fingerprint density at radius 3 is 2.06 bits per heavy atom. The standard InChI is InChI=1S/C46H58N3/c1-10-13-20-27-47-38-24-17-15-22-36(38)41-42(47)33(28-31(4)5)30-34(29-32(6)7)43(41)48-39-25-18-19-26-40(39)49-44(48)35-21-14-16-23-37(35)45(8,11-2)46(49,9)12-3/h14-19,21-26,30-32H,10-13,20,27-29H2,1-9H3/q+1. The molecular formula is C46H58N3+. The van der Waals surface area contributed by atoms with Crippen LogP contribution >= 0.6 is 0 Å². The van der Waals surface area contributed by atoms with Crippen LogP contribution in [0.2, 0.25) is 0 Å². The van der Waals surface area contributed by atoms with Crippen LogP contribution in [0.4, 0.5) is 0 Å². The molecule has 6 aromatic rings. The summed E-state index contributed by atoms with van der Waals surface area (Å²) in [5, 5.41) is 2.82. The summed E-state index contributed by atoms with van der Waals surface area (Å²) in [5.74, 6) is 2.43. The Balaban J connectivity index is 1.73. The number of hydrogen-bond acceptors (Lipinski definition) is 0. The number of aromatic nitrogens is 3. The molecule has 2 atom stereocenters. The van der Waals surface area contributed by atoms with E-state index in [-0.39, 0.29) is 11.0 Å². The number of benzene rings is 4. The molecule has 49 heavy (non-hydrogen) atoms. The molecule has 0 bridgehead atoms. The van der Waals surface area contributed by atoms with Gasteiger partial charge in [-0.05, 0) is 92.3 Å². The summed E-state index contributed by atoms with van der Waals surface area (Å²) in [4.78, 5) is 0. The van der Waals surface area contributed by atoms with E-state index in [0.29, 0.717) is 11.8 Å². The van der Waals surface area contributed by atoms with Gasteiger partial charge in [-0.15, -0.1) is 0 Å². The lowest BCUT2D eigenvalue weighted by atomic mass is 9.61. The molecule has 0 N–H and O–H groups in total. The van der Waals surface area contributed by atoms with E-state index in [2.05, 4.69) is 155 Å². The molecular weight excluding hydrogens is 595 g/mol. The predicted molar refractivity (Wildman–Crippen MR) is 210 cm³/mol. The number of rotatable bonds is 11. The molecule has 3 nitrogen and oxygen atoms in total. The molecule has 0 radical (unpaired) electrons. The Kier molecular flexibility index (Phi) is 8.78. The monoisotopic (exact) mass is 652 g/mol. The van der Waals surface area contributed by atoms with E-state index in [0.717, 1.165) is 32.2 Å². The van der Waals surface area contributed by atoms with Crippen LogP contribution in [-0.2, 0) is 30.3 Å². The highest BCUT2D eigenvalue weighted by Gasteiger charge is 2.56. The zero-order valence-electron chi connectivity index (χ0n) is 31.7. The Hall–Kier alpha value is -3.85. The van der Waals surface area contributed by atoms with Gasteiger partial charge in [-0.1, -0.05) is 117 Å². The molecule has 2 aromatic heterocycles. The lowest BCUT2D eigenvalue weighted by Gasteiger charge is -2.47. The van der Waals surface area contributed by atoms with Gasteiger partial charge in [0.1, 0.15) is 11.2 Å². The molecule has 0 saturated carbocycles. The topological polar surface area (TPSA) is 13.7 Å². The molecule has 256 valence electrons. The highest BCUT2D eigenvalue weighted by atomic mass is 15.2. The molecule has 3 heterocycles. The van der Waals surface area contributed by atoms with E-state index in [9.17, 15) is 0 Å². The average Bonchev–Trinajstić information content (AvgIpc) is 3.61. The van der Waals surface area contributed by atoms with E-state index < -0.39 is 0 Å². The van der Waals surface area contributed by atoms with Crippen molar-refractivity contribution in [2.24, 2.45) is 11.8 Å². The minimum absolute atomic E-state index is 0.0164. The molecule has 4 aromatic carbocycles. The largest absolute Gasteiger partial charge is 0.340 e. The summed E-state index contributed by atoms with van der Waals surface area (Å²) in [5.41, 5.74) is 12.5. The first-order valence-corrected chi connectivity index (χ1v) is 19.3. The van der Waals surface area contributed by atoms with Crippen LogP contribution in [0.1, 0.15) is 111 Å². The van der Waals surface area contributed by atoms with Gasteiger partial charge in [0.25, 0.3) is 5.82 Å². The molecule has 0 saturated heterocycles. The zero-order valence-corrected chi connectivity index (χ0v) is 31.7. The second kappa shape index (κ2) is 12.8. The first-order valence-electron chi connectivity index (χ1n) is 19.3. The predicted octanol–water partition coefficient (Wildman–Crippen LogP) is 12.1. The van der Waals surface area contributed by atoms with Crippen LogP contribution in [0.15, 0.2) is 78.9 Å². The molecule has 1 aliphatic rings. The van der Waals surface area contributed by atoms with Crippen molar-refractivity contribution >= 4 is 32.8 Å². The van der Waals surface area contributed by atoms with Crippen LogP contribution < -0.4 is 4.57 Å². The number of fused-ring (bicyclic) bond motifs is 8. The van der Waals surface area contributed by atoms with Crippen LogP contribution in [0.25, 0.3) is 49.9 Å². The van der Waals surface area contributed by atoms with Gasteiger partial charge in [-0.25, -0.2) is 4.57 Å². The fourth-order valence-electron chi connectivity index (χ4n) is 9.54. The van der Waals surface area contributed by atoms with Crippen molar-refractivity contribution in [1.29, 1.82) is 0 Å². The Morgan fingerprint density at radius 2 is 1.37 bits per heavy atom. The first-order chi connectivity index (χ1) is 23.6. The van der Waals surface area contributed by atoms with Crippen molar-refractivity contribution in [2.75, 3.05) is 0 Å². The third kappa shape index (κ3) is 5.01. The molecule has 3 heteroatoms. The summed E-state index contributed by atoms with van der Waals surface area (Å²) in [6.07, 6.45) is 7.93. The van der Waals surface area contributed by atoms with Gasteiger partial charge in [-0.2, -0.15) is 4.57 Å². The smallest absolute Gasteiger partial charge is 0.295 e. The fraction of sp³-hybridized carbons (Fsp3) is 0.457. The van der Waals surface area contributed by atoms with Crippen LogP contribution in [0.5, 0.6) is 0 Å². The van der Waals surface area contributed by atoms with Crippen molar-refractivity contribution in [3.63, 3.8) is 0 Å². The van der Waals surface area contributed by atoms with Gasteiger partial charge >= 0.3 is 0 Å². The Bertz CT molecular complexity index is 2160. The van der Waals surface area contributed by atoms with E-state index in [1.165, 1.54) is 85.9 Å². The number of aryl methyl sites for hydroxylation is 1. The summed E-state index contributed by atoms with van der Waals surface area (Å²) < 4.78 is 8.19. The summed E-state index contributed by atoms with van der Waals surface area (Å²) in [6.45, 7) is 22.7. The van der Waals surface area contributed by atoms with E-state index in [1.807, 2.05) is 0 Å². The van der Waals surface area contributed by atoms with E-state index in [4.69, 9.17) is 0 Å². The number of para-hydroxylation sites is 3. The van der Waals surface area contributed by atoms with E-state index >= 15 is 0 Å². The maximum Gasteiger partial charge on any atom is 0.295 e. The van der Waals surface area contributed by atoms with Crippen molar-refractivity contribution in [3.8, 4) is 17.1 Å². The Labute approximate surface area is 295 Å². The number of hydrogen-bond donors (Lipinski definition) is 0. The molecule has 0 aliphatic carbocycles. The van der Waals surface area contributed by atoms with Gasteiger partial charge in [0.05, 0.1) is 16.5 Å². The van der Waals surface area contributed by atoms with Crippen LogP contribution in [0.3, 0.4) is 0 Å². The fourth-order valence-corrected chi connectivity index (χ4v) is 9.54. The van der Waals surface area contributed by atoms with Gasteiger partial charge in [0.2, 0.25) is 0 Å². The molecule has 7 rings (SSSR count).